The summed E-state index contributed by atoms with van der Waals surface area (Å²) in [5.74, 6) is 5.65. The molecule has 2 aromatic heterocycles. The number of benzene rings is 1. The van der Waals surface area contributed by atoms with Crippen LogP contribution in [-0.4, -0.2) is 15.0 Å². The van der Waals surface area contributed by atoms with Crippen LogP contribution in [0, 0.1) is 0 Å². The van der Waals surface area contributed by atoms with Gasteiger partial charge in [-0.2, -0.15) is 0 Å². The Balaban J connectivity index is 2.15. The van der Waals surface area contributed by atoms with Gasteiger partial charge in [-0.15, -0.1) is 5.10 Å². The summed E-state index contributed by atoms with van der Waals surface area (Å²) in [6.45, 7) is 0. The number of hydrazine groups is 1. The quantitative estimate of drug-likeness (QED) is 0.532. The Kier molecular flexibility index (Phi) is 2.58. The molecule has 0 radical (unpaired) electrons. The van der Waals surface area contributed by atoms with Gasteiger partial charge in [0.05, 0.1) is 24.2 Å². The van der Waals surface area contributed by atoms with E-state index in [9.17, 15) is 0 Å². The summed E-state index contributed by atoms with van der Waals surface area (Å²) in [5, 5.41) is 8.81. The molecule has 0 aliphatic carbocycles. The monoisotopic (exact) mass is 243 g/mol. The Hall–Kier alpha value is -2.18. The fourth-order valence-corrected chi connectivity index (χ4v) is 2.12. The zero-order valence-corrected chi connectivity index (χ0v) is 9.87. The van der Waals surface area contributed by atoms with Crippen LogP contribution < -0.4 is 11.3 Å². The topological polar surface area (TPSA) is 81.9 Å². The lowest BCUT2D eigenvalue weighted by molar-refractivity contribution is 0.554. The van der Waals surface area contributed by atoms with Gasteiger partial charge in [0, 0.05) is 18.0 Å². The smallest absolute Gasteiger partial charge is 0.134 e. The van der Waals surface area contributed by atoms with Crippen molar-refractivity contribution < 1.29 is 4.42 Å². The van der Waals surface area contributed by atoms with Crippen molar-refractivity contribution in [3.63, 3.8) is 0 Å². The number of nitrogens with two attached hydrogens (primary N) is 1. The van der Waals surface area contributed by atoms with Crippen molar-refractivity contribution in [1.82, 2.24) is 20.4 Å². The fourth-order valence-electron chi connectivity index (χ4n) is 2.12. The Bertz CT molecular complexity index is 672. The van der Waals surface area contributed by atoms with Crippen molar-refractivity contribution in [3.05, 3.63) is 48.0 Å². The average molecular weight is 243 g/mol. The molecule has 92 valence electrons. The molecule has 3 N–H and O–H groups in total. The SMILES string of the molecule is Cn1nncc1C(NN)c1coc2ccccc12. The van der Waals surface area contributed by atoms with Gasteiger partial charge in [0.25, 0.3) is 0 Å². The lowest BCUT2D eigenvalue weighted by atomic mass is 10.0. The zero-order chi connectivity index (χ0) is 12.5. The molecule has 0 saturated carbocycles. The highest BCUT2D eigenvalue weighted by Gasteiger charge is 2.20. The zero-order valence-electron chi connectivity index (χ0n) is 9.87. The molecule has 18 heavy (non-hydrogen) atoms. The maximum Gasteiger partial charge on any atom is 0.134 e. The third kappa shape index (κ3) is 1.59. The highest BCUT2D eigenvalue weighted by Crippen LogP contribution is 2.29. The third-order valence-corrected chi connectivity index (χ3v) is 3.03. The molecular weight excluding hydrogens is 230 g/mol. The number of para-hydroxylation sites is 1. The molecule has 1 unspecified atom stereocenters. The summed E-state index contributed by atoms with van der Waals surface area (Å²) in [4.78, 5) is 0. The number of aryl methyl sites for hydroxylation is 1. The first-order valence-corrected chi connectivity index (χ1v) is 5.58. The minimum atomic E-state index is -0.200. The second-order valence-electron chi connectivity index (χ2n) is 4.07. The minimum Gasteiger partial charge on any atom is -0.464 e. The first-order valence-electron chi connectivity index (χ1n) is 5.58. The van der Waals surface area contributed by atoms with E-state index in [0.717, 1.165) is 22.2 Å². The van der Waals surface area contributed by atoms with Gasteiger partial charge in [-0.25, -0.2) is 5.43 Å². The molecule has 0 aliphatic heterocycles. The summed E-state index contributed by atoms with van der Waals surface area (Å²) in [6, 6.07) is 7.63. The molecule has 6 nitrogen and oxygen atoms in total. The van der Waals surface area contributed by atoms with Crippen molar-refractivity contribution in [3.8, 4) is 0 Å². The van der Waals surface area contributed by atoms with Crippen molar-refractivity contribution in [2.24, 2.45) is 12.9 Å². The molecule has 0 bridgehead atoms. The molecule has 1 atom stereocenters. The normalized spacial score (nSPS) is 13.0. The molecule has 0 amide bonds. The van der Waals surface area contributed by atoms with E-state index >= 15 is 0 Å². The van der Waals surface area contributed by atoms with Crippen LogP contribution >= 0.6 is 0 Å². The Morgan fingerprint density at radius 1 is 1.39 bits per heavy atom. The van der Waals surface area contributed by atoms with Gasteiger partial charge in [-0.3, -0.25) is 10.5 Å². The fraction of sp³-hybridized carbons (Fsp3) is 0.167. The molecule has 2 heterocycles. The lowest BCUT2D eigenvalue weighted by Crippen LogP contribution is -2.30. The van der Waals surface area contributed by atoms with Crippen molar-refractivity contribution in [1.29, 1.82) is 0 Å². The van der Waals surface area contributed by atoms with E-state index in [2.05, 4.69) is 15.7 Å². The van der Waals surface area contributed by atoms with E-state index < -0.39 is 0 Å². The number of nitrogens with one attached hydrogen (secondary N) is 1. The van der Waals surface area contributed by atoms with E-state index in [1.807, 2.05) is 31.3 Å². The van der Waals surface area contributed by atoms with E-state index in [1.54, 1.807) is 17.1 Å². The van der Waals surface area contributed by atoms with Crippen LogP contribution in [0.25, 0.3) is 11.0 Å². The summed E-state index contributed by atoms with van der Waals surface area (Å²) < 4.78 is 7.21. The van der Waals surface area contributed by atoms with Crippen LogP contribution in [0.1, 0.15) is 17.3 Å². The number of hydrogen-bond acceptors (Lipinski definition) is 5. The highest BCUT2D eigenvalue weighted by molar-refractivity contribution is 5.81. The van der Waals surface area contributed by atoms with Crippen molar-refractivity contribution in [2.45, 2.75) is 6.04 Å². The van der Waals surface area contributed by atoms with Gasteiger partial charge < -0.3 is 4.42 Å². The van der Waals surface area contributed by atoms with E-state index in [-0.39, 0.29) is 6.04 Å². The van der Waals surface area contributed by atoms with E-state index in [1.165, 1.54) is 0 Å². The first kappa shape index (κ1) is 10.9. The Morgan fingerprint density at radius 3 is 2.94 bits per heavy atom. The number of hydrogen-bond donors (Lipinski definition) is 2. The number of nitrogens with zero attached hydrogens (tertiary/aromatic N) is 3. The number of aromatic nitrogens is 3. The second kappa shape index (κ2) is 4.25. The van der Waals surface area contributed by atoms with Gasteiger partial charge in [0.2, 0.25) is 0 Å². The van der Waals surface area contributed by atoms with E-state index in [0.29, 0.717) is 0 Å². The van der Waals surface area contributed by atoms with Gasteiger partial charge in [-0.1, -0.05) is 23.4 Å². The van der Waals surface area contributed by atoms with Gasteiger partial charge >= 0.3 is 0 Å². The molecule has 3 rings (SSSR count). The molecule has 0 aliphatic rings. The molecule has 0 saturated heterocycles. The predicted molar refractivity (Wildman–Crippen MR) is 66.4 cm³/mol. The summed E-state index contributed by atoms with van der Waals surface area (Å²) >= 11 is 0. The average Bonchev–Trinajstić information content (AvgIpc) is 2.99. The standard InChI is InChI=1S/C12H13N5O/c1-17-10(6-14-16-17)12(15-13)9-7-18-11-5-3-2-4-8(9)11/h2-7,12,15H,13H2,1H3. The van der Waals surface area contributed by atoms with Crippen molar-refractivity contribution >= 4 is 11.0 Å². The number of fused-ring (bicyclic) bond motifs is 1. The summed E-state index contributed by atoms with van der Waals surface area (Å²) in [6.07, 6.45) is 3.40. The maximum absolute atomic E-state index is 5.65. The molecule has 3 aromatic rings. The molecule has 1 aromatic carbocycles. The summed E-state index contributed by atoms with van der Waals surface area (Å²) in [7, 11) is 1.83. The van der Waals surface area contributed by atoms with Crippen LogP contribution in [0.4, 0.5) is 0 Å². The third-order valence-electron chi connectivity index (χ3n) is 3.03. The minimum absolute atomic E-state index is 0.200. The summed E-state index contributed by atoms with van der Waals surface area (Å²) in [5.41, 5.74) is 5.46. The largest absolute Gasteiger partial charge is 0.464 e. The van der Waals surface area contributed by atoms with Crippen LogP contribution in [0.15, 0.2) is 41.1 Å². The number of furan rings is 1. The van der Waals surface area contributed by atoms with Crippen molar-refractivity contribution in [2.75, 3.05) is 0 Å². The highest BCUT2D eigenvalue weighted by atomic mass is 16.3. The van der Waals surface area contributed by atoms with Gasteiger partial charge in [-0.05, 0) is 6.07 Å². The molecular formula is C12H13N5O. The predicted octanol–water partition coefficient (Wildman–Crippen LogP) is 1.11. The number of rotatable bonds is 3. The molecule has 0 fully saturated rings. The Morgan fingerprint density at radius 2 is 2.22 bits per heavy atom. The van der Waals surface area contributed by atoms with Gasteiger partial charge in [0.1, 0.15) is 5.58 Å². The van der Waals surface area contributed by atoms with Crippen LogP contribution in [0.3, 0.4) is 0 Å². The van der Waals surface area contributed by atoms with Gasteiger partial charge in [0.15, 0.2) is 0 Å². The van der Waals surface area contributed by atoms with Crippen LogP contribution in [0.2, 0.25) is 0 Å². The molecule has 6 heteroatoms. The molecule has 0 spiro atoms. The van der Waals surface area contributed by atoms with Crippen LogP contribution in [-0.2, 0) is 7.05 Å². The first-order chi connectivity index (χ1) is 8.81. The lowest BCUT2D eigenvalue weighted by Gasteiger charge is -2.14. The second-order valence-corrected chi connectivity index (χ2v) is 4.07. The van der Waals surface area contributed by atoms with Crippen LogP contribution in [0.5, 0.6) is 0 Å². The maximum atomic E-state index is 5.65. The Labute approximate surface area is 103 Å². The van der Waals surface area contributed by atoms with E-state index in [4.69, 9.17) is 10.3 Å².